The summed E-state index contributed by atoms with van der Waals surface area (Å²) >= 11 is 0. The first-order chi connectivity index (χ1) is 49.5. The molecule has 4 aromatic carbocycles. The van der Waals surface area contributed by atoms with Crippen LogP contribution >= 0.6 is 0 Å². The average molecular weight is 1420 g/mol. The molecule has 550 valence electrons. The minimum absolute atomic E-state index is 0.0366. The van der Waals surface area contributed by atoms with Gasteiger partial charge in [-0.1, -0.05) is 66.7 Å². The van der Waals surface area contributed by atoms with Crippen molar-refractivity contribution in [1.29, 1.82) is 0 Å². The van der Waals surface area contributed by atoms with Crippen LogP contribution in [0.15, 0.2) is 109 Å². The van der Waals surface area contributed by atoms with Crippen LogP contribution in [0, 0.1) is 0 Å². The van der Waals surface area contributed by atoms with E-state index >= 15 is 0 Å². The molecule has 4 aromatic rings. The first kappa shape index (κ1) is 78.2. The lowest BCUT2D eigenvalue weighted by atomic mass is 9.90. The summed E-state index contributed by atoms with van der Waals surface area (Å²) in [7, 11) is 1.62. The molecule has 31 nitrogen and oxygen atoms in total. The molecular formula is C71H91N11O20. The van der Waals surface area contributed by atoms with Gasteiger partial charge in [-0.3, -0.25) is 58.2 Å². The number of anilines is 1. The van der Waals surface area contributed by atoms with E-state index in [1.807, 2.05) is 35.2 Å². The Balaban J connectivity index is 0.698. The third kappa shape index (κ3) is 26.1. The minimum Gasteiger partial charge on any atom is -0.489 e. The fraction of sp³-hybridized carbons (Fsp3) is 0.479. The number of nitrogens with one attached hydrogen (secondary N) is 8. The predicted octanol–water partition coefficient (Wildman–Crippen LogP) is 0.563. The van der Waals surface area contributed by atoms with Gasteiger partial charge in [0.05, 0.1) is 112 Å². The van der Waals surface area contributed by atoms with Crippen LogP contribution < -0.4 is 47.3 Å². The van der Waals surface area contributed by atoms with E-state index in [0.29, 0.717) is 109 Å². The summed E-state index contributed by atoms with van der Waals surface area (Å²) < 4.78 is 50.3. The minimum atomic E-state index is -1.36. The number of piperidine rings is 2. The molecule has 2 atom stereocenters. The van der Waals surface area contributed by atoms with Gasteiger partial charge in [0.1, 0.15) is 30.0 Å². The molecule has 1 unspecified atom stereocenters. The number of benzene rings is 4. The highest BCUT2D eigenvalue weighted by Crippen LogP contribution is 2.30. The summed E-state index contributed by atoms with van der Waals surface area (Å²) in [5.74, 6) is -4.43. The molecule has 0 aliphatic carbocycles. The van der Waals surface area contributed by atoms with Crippen molar-refractivity contribution in [2.24, 2.45) is 0 Å². The normalized spacial score (nSPS) is 15.9. The van der Waals surface area contributed by atoms with Gasteiger partial charge < -0.3 is 89.6 Å². The fourth-order valence-corrected chi connectivity index (χ4v) is 11.2. The van der Waals surface area contributed by atoms with Gasteiger partial charge in [-0.2, -0.15) is 0 Å². The van der Waals surface area contributed by atoms with Crippen LogP contribution in [0.1, 0.15) is 63.9 Å². The van der Waals surface area contributed by atoms with Crippen molar-refractivity contribution in [3.05, 3.63) is 143 Å². The van der Waals surface area contributed by atoms with E-state index < -0.39 is 78.8 Å². The number of hydrogen-bond donors (Lipinski definition) is 8. The molecule has 4 aliphatic rings. The second-order valence-electron chi connectivity index (χ2n) is 24.1. The Morgan fingerprint density at radius 2 is 1.15 bits per heavy atom. The van der Waals surface area contributed by atoms with Crippen molar-refractivity contribution in [2.45, 2.75) is 76.0 Å². The summed E-state index contributed by atoms with van der Waals surface area (Å²) in [4.78, 5) is 146. The zero-order valence-electron chi connectivity index (χ0n) is 57.3. The van der Waals surface area contributed by atoms with Gasteiger partial charge in [0.2, 0.25) is 35.4 Å². The van der Waals surface area contributed by atoms with E-state index in [1.165, 1.54) is 17.1 Å². The lowest BCUT2D eigenvalue weighted by molar-refractivity contribution is -0.158. The van der Waals surface area contributed by atoms with E-state index in [-0.39, 0.29) is 108 Å². The molecule has 0 aromatic heterocycles. The molecule has 0 radical (unpaired) electrons. The van der Waals surface area contributed by atoms with Crippen molar-refractivity contribution in [2.75, 3.05) is 151 Å². The summed E-state index contributed by atoms with van der Waals surface area (Å²) in [5, 5.41) is 21.1. The van der Waals surface area contributed by atoms with Gasteiger partial charge in [0.15, 0.2) is 0 Å². The number of likely N-dealkylation sites (tertiary alicyclic amines) is 1. The maximum Gasteiger partial charge on any atom is 0.319 e. The number of urea groups is 1. The van der Waals surface area contributed by atoms with E-state index in [9.17, 15) is 52.7 Å². The monoisotopic (exact) mass is 1420 g/mol. The number of rotatable bonds is 45. The average Bonchev–Trinajstić information content (AvgIpc) is 1.60. The molecule has 31 heteroatoms. The Labute approximate surface area is 591 Å². The zero-order chi connectivity index (χ0) is 72.3. The summed E-state index contributed by atoms with van der Waals surface area (Å²) in [6.45, 7) is 5.80. The second kappa shape index (κ2) is 42.0. The Kier molecular flexibility index (Phi) is 32.2. The van der Waals surface area contributed by atoms with Gasteiger partial charge in [-0.15, -0.1) is 0 Å². The van der Waals surface area contributed by atoms with Crippen LogP contribution in [0.5, 0.6) is 5.75 Å². The van der Waals surface area contributed by atoms with E-state index in [4.69, 9.17) is 42.6 Å². The molecule has 2 fully saturated rings. The Hall–Kier alpha value is -9.57. The largest absolute Gasteiger partial charge is 0.489 e. The first-order valence-corrected chi connectivity index (χ1v) is 33.9. The summed E-state index contributed by atoms with van der Waals surface area (Å²) in [5.41, 5.74) is 3.47. The molecule has 2 saturated heterocycles. The second-order valence-corrected chi connectivity index (χ2v) is 24.1. The van der Waals surface area contributed by atoms with Crippen LogP contribution in [0.2, 0.25) is 0 Å². The van der Waals surface area contributed by atoms with Crippen LogP contribution in [0.25, 0.3) is 0 Å². The number of fused-ring (bicyclic) bond motifs is 1. The molecule has 0 bridgehead atoms. The standard InChI is InChI=1S/C71H91N11O20/c1-94-27-28-95-29-30-96-31-32-97-33-34-98-35-36-99-37-38-100-39-40-102-71(21-23-80(24-22-71)25-26-81-64(87)19-20-65(81)88)69(92)75-46-62(85)73-47-63(86)78-58(42-50-5-3-2-4-6-50)66(89)74-45-61(84)72-43-51-7-9-52(10-8-51)49-101-56-14-12-55(13-15-56)77-70(93)76-44-53-11-16-57-54(41-53)48-82(68(57)91)59-17-18-60(83)79-67(59)90/h2-16,19-20,41,58-59H,17-18,21-40,42-49H2,1H3,(H,72,84)(H,73,85)(H,74,89)(H,75,92)(H,78,86)(H2,76,77,93)(H,79,83,90)/t58-,59?/m0/s1. The van der Waals surface area contributed by atoms with Gasteiger partial charge in [0.25, 0.3) is 23.6 Å². The fourth-order valence-electron chi connectivity index (χ4n) is 11.2. The Morgan fingerprint density at radius 3 is 1.77 bits per heavy atom. The number of carbonyl (C=O) groups excluding carboxylic acids is 11. The van der Waals surface area contributed by atoms with Crippen LogP contribution in [0.4, 0.5) is 10.5 Å². The van der Waals surface area contributed by atoms with Crippen LogP contribution in [-0.4, -0.2) is 243 Å². The molecule has 4 heterocycles. The van der Waals surface area contributed by atoms with Gasteiger partial charge in [-0.05, 0) is 77.4 Å². The lowest BCUT2D eigenvalue weighted by Crippen LogP contribution is -2.57. The van der Waals surface area contributed by atoms with Crippen molar-refractivity contribution in [3.8, 4) is 5.75 Å². The van der Waals surface area contributed by atoms with Crippen molar-refractivity contribution in [3.63, 3.8) is 0 Å². The Bertz CT molecular complexity index is 3460. The van der Waals surface area contributed by atoms with Crippen molar-refractivity contribution in [1.82, 2.24) is 51.9 Å². The van der Waals surface area contributed by atoms with Gasteiger partial charge in [-0.25, -0.2) is 4.79 Å². The number of nitrogens with zero attached hydrogens (tertiary/aromatic N) is 3. The highest BCUT2D eigenvalue weighted by atomic mass is 16.6. The van der Waals surface area contributed by atoms with Gasteiger partial charge >= 0.3 is 6.03 Å². The number of ether oxygens (including phenoxy) is 9. The SMILES string of the molecule is COCCOCCOCCOCCOCCOCCOCCOC1(C(=O)NCC(=O)NCC(=O)N[C@@H](Cc2ccccc2)C(=O)NCC(=O)NCc2ccc(COc3ccc(NC(=O)NCc4ccc5c(c4)CN(C4CCC(=O)NC4=O)C5=O)cc3)cc2)CCN(CCN2C(=O)C=CC2=O)CC1. The lowest BCUT2D eigenvalue weighted by Gasteiger charge is -2.40. The quantitative estimate of drug-likeness (QED) is 0.0221. The molecule has 0 spiro atoms. The predicted molar refractivity (Wildman–Crippen MR) is 366 cm³/mol. The number of carbonyl (C=O) groups is 11. The maximum atomic E-state index is 14.0. The molecule has 8 N–H and O–H groups in total. The van der Waals surface area contributed by atoms with E-state index in [0.717, 1.165) is 32.7 Å². The molecular weight excluding hydrogens is 1330 g/mol. The highest BCUT2D eigenvalue weighted by molar-refractivity contribution is 6.13. The van der Waals surface area contributed by atoms with Crippen LogP contribution in [0.3, 0.4) is 0 Å². The number of methoxy groups -OCH3 is 1. The summed E-state index contributed by atoms with van der Waals surface area (Å²) in [6, 6.07) is 26.0. The summed E-state index contributed by atoms with van der Waals surface area (Å²) in [6.07, 6.45) is 3.37. The molecule has 8 rings (SSSR count). The topological polar surface area (TPSA) is 377 Å². The van der Waals surface area contributed by atoms with E-state index in [1.54, 1.807) is 73.8 Å². The van der Waals surface area contributed by atoms with Crippen LogP contribution in [-0.2, 0) is 114 Å². The third-order valence-electron chi connectivity index (χ3n) is 16.8. The Morgan fingerprint density at radius 1 is 0.578 bits per heavy atom. The van der Waals surface area contributed by atoms with Gasteiger partial charge in [0, 0.05) is 89.2 Å². The number of hydrogen-bond acceptors (Lipinski definition) is 21. The highest BCUT2D eigenvalue weighted by Gasteiger charge is 2.43. The zero-order valence-corrected chi connectivity index (χ0v) is 57.3. The van der Waals surface area contributed by atoms with E-state index in [2.05, 4.69) is 42.5 Å². The smallest absolute Gasteiger partial charge is 0.319 e. The van der Waals surface area contributed by atoms with Crippen molar-refractivity contribution >= 4 is 70.8 Å². The third-order valence-corrected chi connectivity index (χ3v) is 16.8. The first-order valence-electron chi connectivity index (χ1n) is 33.9. The maximum absolute atomic E-state index is 14.0. The number of amides is 12. The molecule has 102 heavy (non-hydrogen) atoms. The molecule has 12 amide bonds. The number of imide groups is 2. The van der Waals surface area contributed by atoms with Crippen molar-refractivity contribution < 1.29 is 95.4 Å². The molecule has 4 aliphatic heterocycles. The molecule has 0 saturated carbocycles.